The van der Waals surface area contributed by atoms with Crippen LogP contribution in [0.5, 0.6) is 0 Å². The lowest BCUT2D eigenvalue weighted by molar-refractivity contribution is 0.0695. The number of rotatable bonds is 6. The van der Waals surface area contributed by atoms with E-state index >= 15 is 0 Å². The number of hydrogen-bond donors (Lipinski definition) is 1. The first-order valence-corrected chi connectivity index (χ1v) is 9.63. The minimum Gasteiger partial charge on any atom is -0.478 e. The zero-order chi connectivity index (χ0) is 19.3. The SMILES string of the molecule is O=C(O)c1ccccc1CCN1CCC(c2nc(-c3ccccc3)no2)CC1. The van der Waals surface area contributed by atoms with Gasteiger partial charge in [0.1, 0.15) is 0 Å². The van der Waals surface area contributed by atoms with Crippen LogP contribution in [0.3, 0.4) is 0 Å². The van der Waals surface area contributed by atoms with Crippen LogP contribution < -0.4 is 0 Å². The van der Waals surface area contributed by atoms with Crippen molar-refractivity contribution in [2.24, 2.45) is 0 Å². The summed E-state index contributed by atoms with van der Waals surface area (Å²) in [6.45, 7) is 2.75. The standard InChI is InChI=1S/C22H23N3O3/c26-22(27)19-9-5-4-6-16(19)10-13-25-14-11-18(12-15-25)21-23-20(24-28-21)17-7-2-1-3-8-17/h1-9,18H,10-15H2,(H,26,27). The zero-order valence-electron chi connectivity index (χ0n) is 15.6. The average molecular weight is 377 g/mol. The average Bonchev–Trinajstić information content (AvgIpc) is 3.24. The Morgan fingerprint density at radius 2 is 1.79 bits per heavy atom. The number of nitrogens with zero attached hydrogens (tertiary/aromatic N) is 3. The Morgan fingerprint density at radius 3 is 2.54 bits per heavy atom. The maximum Gasteiger partial charge on any atom is 0.335 e. The third-order valence-electron chi connectivity index (χ3n) is 5.36. The van der Waals surface area contributed by atoms with E-state index in [1.807, 2.05) is 42.5 Å². The van der Waals surface area contributed by atoms with Crippen LogP contribution in [0.1, 0.15) is 40.6 Å². The first-order chi connectivity index (χ1) is 13.7. The van der Waals surface area contributed by atoms with Crippen LogP contribution in [-0.4, -0.2) is 45.8 Å². The molecular weight excluding hydrogens is 354 g/mol. The molecule has 0 aliphatic carbocycles. The Bertz CT molecular complexity index is 931. The molecule has 2 heterocycles. The van der Waals surface area contributed by atoms with Crippen molar-refractivity contribution in [3.8, 4) is 11.4 Å². The van der Waals surface area contributed by atoms with E-state index in [0.29, 0.717) is 11.4 Å². The van der Waals surface area contributed by atoms with Crippen LogP contribution >= 0.6 is 0 Å². The Kier molecular flexibility index (Phi) is 5.48. The number of benzene rings is 2. The molecule has 0 unspecified atom stereocenters. The molecule has 144 valence electrons. The number of likely N-dealkylation sites (tertiary alicyclic amines) is 1. The fourth-order valence-electron chi connectivity index (χ4n) is 3.73. The highest BCUT2D eigenvalue weighted by Crippen LogP contribution is 2.28. The van der Waals surface area contributed by atoms with Crippen LogP contribution in [0.2, 0.25) is 0 Å². The van der Waals surface area contributed by atoms with Crippen molar-refractivity contribution in [1.29, 1.82) is 0 Å². The summed E-state index contributed by atoms with van der Waals surface area (Å²) in [5, 5.41) is 13.4. The molecule has 1 fully saturated rings. The van der Waals surface area contributed by atoms with Crippen LogP contribution in [0, 0.1) is 0 Å². The number of carbonyl (C=O) groups is 1. The highest BCUT2D eigenvalue weighted by Gasteiger charge is 2.25. The van der Waals surface area contributed by atoms with Crippen LogP contribution in [0.15, 0.2) is 59.1 Å². The minimum absolute atomic E-state index is 0.285. The molecule has 4 rings (SSSR count). The summed E-state index contributed by atoms with van der Waals surface area (Å²) in [6.07, 6.45) is 2.68. The predicted molar refractivity (Wildman–Crippen MR) is 105 cm³/mol. The van der Waals surface area contributed by atoms with Gasteiger partial charge in [-0.25, -0.2) is 4.79 Å². The van der Waals surface area contributed by atoms with Gasteiger partial charge >= 0.3 is 5.97 Å². The molecule has 6 heteroatoms. The van der Waals surface area contributed by atoms with E-state index in [4.69, 9.17) is 4.52 Å². The van der Waals surface area contributed by atoms with Crippen molar-refractivity contribution in [2.75, 3.05) is 19.6 Å². The van der Waals surface area contributed by atoms with Crippen LogP contribution in [0.25, 0.3) is 11.4 Å². The molecule has 1 N–H and O–H groups in total. The Labute approximate surface area is 163 Å². The van der Waals surface area contributed by atoms with Gasteiger partial charge in [0.05, 0.1) is 5.56 Å². The van der Waals surface area contributed by atoms with Gasteiger partial charge in [-0.05, 0) is 44.0 Å². The van der Waals surface area contributed by atoms with Gasteiger partial charge < -0.3 is 14.5 Å². The van der Waals surface area contributed by atoms with E-state index in [9.17, 15) is 9.90 Å². The first-order valence-electron chi connectivity index (χ1n) is 9.63. The van der Waals surface area contributed by atoms with E-state index in [-0.39, 0.29) is 5.92 Å². The molecule has 6 nitrogen and oxygen atoms in total. The molecule has 0 bridgehead atoms. The summed E-state index contributed by atoms with van der Waals surface area (Å²) >= 11 is 0. The third-order valence-corrected chi connectivity index (χ3v) is 5.36. The van der Waals surface area contributed by atoms with Crippen LogP contribution in [0.4, 0.5) is 0 Å². The molecule has 0 spiro atoms. The molecule has 0 saturated carbocycles. The summed E-state index contributed by atoms with van der Waals surface area (Å²) in [6, 6.07) is 17.1. The van der Waals surface area contributed by atoms with Crippen molar-refractivity contribution in [3.63, 3.8) is 0 Å². The molecule has 3 aromatic rings. The van der Waals surface area contributed by atoms with Gasteiger partial charge in [0.25, 0.3) is 0 Å². The van der Waals surface area contributed by atoms with E-state index < -0.39 is 5.97 Å². The second kappa shape index (κ2) is 8.35. The maximum absolute atomic E-state index is 11.3. The van der Waals surface area contributed by atoms with Crippen molar-refractivity contribution in [3.05, 3.63) is 71.6 Å². The number of piperidine rings is 1. The molecule has 1 aliphatic rings. The highest BCUT2D eigenvalue weighted by atomic mass is 16.5. The summed E-state index contributed by atoms with van der Waals surface area (Å²) in [4.78, 5) is 18.3. The number of aromatic carboxylic acids is 1. The van der Waals surface area contributed by atoms with Gasteiger partial charge in [0.2, 0.25) is 11.7 Å². The Hall–Kier alpha value is -2.99. The Balaban J connectivity index is 1.32. The van der Waals surface area contributed by atoms with E-state index in [2.05, 4.69) is 15.0 Å². The topological polar surface area (TPSA) is 79.5 Å². The second-order valence-corrected chi connectivity index (χ2v) is 7.15. The fourth-order valence-corrected chi connectivity index (χ4v) is 3.73. The summed E-state index contributed by atoms with van der Waals surface area (Å²) < 4.78 is 5.52. The molecule has 0 amide bonds. The Morgan fingerprint density at radius 1 is 1.07 bits per heavy atom. The van der Waals surface area contributed by atoms with Gasteiger partial charge in [0.15, 0.2) is 0 Å². The monoisotopic (exact) mass is 377 g/mol. The summed E-state index contributed by atoms with van der Waals surface area (Å²) in [7, 11) is 0. The normalized spacial score (nSPS) is 15.6. The lowest BCUT2D eigenvalue weighted by Crippen LogP contribution is -2.34. The van der Waals surface area contributed by atoms with Crippen molar-refractivity contribution in [2.45, 2.75) is 25.2 Å². The predicted octanol–water partition coefficient (Wildman–Crippen LogP) is 3.86. The minimum atomic E-state index is -0.861. The lowest BCUT2D eigenvalue weighted by atomic mass is 9.96. The van der Waals surface area contributed by atoms with Crippen molar-refractivity contribution in [1.82, 2.24) is 15.0 Å². The third kappa shape index (κ3) is 4.12. The molecule has 0 radical (unpaired) electrons. The molecular formula is C22H23N3O3. The zero-order valence-corrected chi connectivity index (χ0v) is 15.6. The summed E-state index contributed by atoms with van der Waals surface area (Å²) in [5.74, 6) is 0.783. The van der Waals surface area contributed by atoms with E-state index in [0.717, 1.165) is 55.9 Å². The fraction of sp³-hybridized carbons (Fsp3) is 0.318. The summed E-state index contributed by atoms with van der Waals surface area (Å²) in [5.41, 5.74) is 2.25. The number of carboxylic acid groups (broad SMARTS) is 1. The number of carboxylic acids is 1. The van der Waals surface area contributed by atoms with Gasteiger partial charge in [-0.15, -0.1) is 0 Å². The smallest absolute Gasteiger partial charge is 0.335 e. The molecule has 0 atom stereocenters. The molecule has 1 aliphatic heterocycles. The molecule has 1 saturated heterocycles. The first kappa shape index (κ1) is 18.4. The van der Waals surface area contributed by atoms with Gasteiger partial charge in [-0.2, -0.15) is 4.98 Å². The maximum atomic E-state index is 11.3. The largest absolute Gasteiger partial charge is 0.478 e. The molecule has 28 heavy (non-hydrogen) atoms. The van der Waals surface area contributed by atoms with Gasteiger partial charge in [-0.1, -0.05) is 53.7 Å². The van der Waals surface area contributed by atoms with Gasteiger partial charge in [-0.3, -0.25) is 0 Å². The highest BCUT2D eigenvalue weighted by molar-refractivity contribution is 5.89. The molecule has 2 aromatic carbocycles. The molecule has 1 aromatic heterocycles. The quantitative estimate of drug-likeness (QED) is 0.703. The van der Waals surface area contributed by atoms with Crippen LogP contribution in [-0.2, 0) is 6.42 Å². The number of hydrogen-bond acceptors (Lipinski definition) is 5. The lowest BCUT2D eigenvalue weighted by Gasteiger charge is -2.30. The van der Waals surface area contributed by atoms with Crippen molar-refractivity contribution >= 4 is 5.97 Å². The van der Waals surface area contributed by atoms with Crippen molar-refractivity contribution < 1.29 is 14.4 Å². The van der Waals surface area contributed by atoms with E-state index in [1.165, 1.54) is 0 Å². The van der Waals surface area contributed by atoms with E-state index in [1.54, 1.807) is 12.1 Å². The van der Waals surface area contributed by atoms with Gasteiger partial charge in [0, 0.05) is 18.0 Å². The number of aromatic nitrogens is 2. The second-order valence-electron chi connectivity index (χ2n) is 7.15.